The van der Waals surface area contributed by atoms with E-state index < -0.39 is 17.8 Å². The summed E-state index contributed by atoms with van der Waals surface area (Å²) in [7, 11) is 1.37. The minimum absolute atomic E-state index is 0.185. The summed E-state index contributed by atoms with van der Waals surface area (Å²) < 4.78 is 19.5. The second-order valence-electron chi connectivity index (χ2n) is 8.79. The van der Waals surface area contributed by atoms with E-state index in [9.17, 15) is 9.18 Å². The molecule has 0 bridgehead atoms. The van der Waals surface area contributed by atoms with Gasteiger partial charge in [-0.25, -0.2) is 4.39 Å². The lowest BCUT2D eigenvalue weighted by atomic mass is 9.84. The second kappa shape index (κ2) is 10.0. The zero-order valence-electron chi connectivity index (χ0n) is 19.4. The molecule has 3 N–H and O–H groups in total. The van der Waals surface area contributed by atoms with Crippen LogP contribution >= 0.6 is 11.3 Å². The number of halogens is 1. The van der Waals surface area contributed by atoms with Gasteiger partial charge in [0.25, 0.3) is 5.91 Å². The average molecular weight is 496 g/mol. The molecule has 1 aromatic carbocycles. The third kappa shape index (κ3) is 5.15. The van der Waals surface area contributed by atoms with Crippen LogP contribution in [0.15, 0.2) is 36.5 Å². The Morgan fingerprint density at radius 2 is 1.91 bits per heavy atom. The number of ether oxygens (including phenoxy) is 1. The molecule has 3 heterocycles. The molecule has 35 heavy (non-hydrogen) atoms. The predicted molar refractivity (Wildman–Crippen MR) is 132 cm³/mol. The summed E-state index contributed by atoms with van der Waals surface area (Å²) in [5, 5.41) is 25.1. The average Bonchev–Trinajstić information content (AvgIpc) is 3.51. The molecule has 1 aliphatic carbocycles. The number of amides is 1. The zero-order chi connectivity index (χ0) is 24.4. The van der Waals surface area contributed by atoms with Crippen molar-refractivity contribution in [2.45, 2.75) is 50.7 Å². The van der Waals surface area contributed by atoms with Crippen LogP contribution in [0.1, 0.15) is 54.5 Å². The molecule has 4 aromatic rings. The number of nitrogens with zero attached hydrogens (tertiary/aromatic N) is 4. The summed E-state index contributed by atoms with van der Waals surface area (Å²) in [6.45, 7) is 1.83. The minimum Gasteiger partial charge on any atom is -0.367 e. The van der Waals surface area contributed by atoms with Gasteiger partial charge in [0, 0.05) is 36.2 Å². The Kier molecular flexibility index (Phi) is 6.69. The van der Waals surface area contributed by atoms with Crippen LogP contribution in [-0.2, 0) is 9.53 Å². The Morgan fingerprint density at radius 3 is 2.71 bits per heavy atom. The number of aromatic nitrogens is 5. The molecule has 182 valence electrons. The lowest BCUT2D eigenvalue weighted by Gasteiger charge is -2.28. The molecule has 1 fully saturated rings. The van der Waals surface area contributed by atoms with Gasteiger partial charge in [0.1, 0.15) is 5.82 Å². The summed E-state index contributed by atoms with van der Waals surface area (Å²) in [6, 6.07) is 8.98. The van der Waals surface area contributed by atoms with Crippen molar-refractivity contribution in [3.05, 3.63) is 59.2 Å². The number of rotatable bonds is 7. The molecule has 3 aromatic heterocycles. The quantitative estimate of drug-likeness (QED) is 0.339. The third-order valence-electron chi connectivity index (χ3n) is 6.36. The number of methoxy groups -OCH3 is 1. The van der Waals surface area contributed by atoms with Gasteiger partial charge in [0.05, 0.1) is 5.69 Å². The highest BCUT2D eigenvalue weighted by molar-refractivity contribution is 7.19. The number of hydrogen-bond donors (Lipinski definition) is 3. The Labute approximate surface area is 205 Å². The van der Waals surface area contributed by atoms with E-state index in [1.54, 1.807) is 12.1 Å². The normalized spacial score (nSPS) is 18.9. The van der Waals surface area contributed by atoms with Crippen LogP contribution < -0.4 is 10.6 Å². The number of H-pyrrole nitrogens is 1. The van der Waals surface area contributed by atoms with E-state index in [-0.39, 0.29) is 11.6 Å². The monoisotopic (exact) mass is 495 g/mol. The van der Waals surface area contributed by atoms with Gasteiger partial charge in [0.15, 0.2) is 11.8 Å². The molecule has 5 rings (SSSR count). The summed E-state index contributed by atoms with van der Waals surface area (Å²) >= 11 is 1.24. The van der Waals surface area contributed by atoms with E-state index in [1.165, 1.54) is 24.5 Å². The van der Waals surface area contributed by atoms with Gasteiger partial charge in [-0.05, 0) is 50.8 Å². The minimum atomic E-state index is -1.08. The lowest BCUT2D eigenvalue weighted by Crippen LogP contribution is -2.25. The van der Waals surface area contributed by atoms with Crippen molar-refractivity contribution in [1.82, 2.24) is 25.4 Å². The Hall–Kier alpha value is -3.44. The van der Waals surface area contributed by atoms with Gasteiger partial charge in [-0.2, -0.15) is 5.10 Å². The van der Waals surface area contributed by atoms with Gasteiger partial charge in [0.2, 0.25) is 10.3 Å². The van der Waals surface area contributed by atoms with Gasteiger partial charge in [-0.1, -0.05) is 29.0 Å². The number of hydrogen-bond acceptors (Lipinski definition) is 8. The summed E-state index contributed by atoms with van der Waals surface area (Å²) in [5.41, 5.74) is 2.87. The van der Waals surface area contributed by atoms with E-state index in [4.69, 9.17) is 4.74 Å². The Morgan fingerprint density at radius 1 is 1.11 bits per heavy atom. The van der Waals surface area contributed by atoms with Crippen molar-refractivity contribution < 1.29 is 13.9 Å². The van der Waals surface area contributed by atoms with E-state index in [2.05, 4.69) is 42.1 Å². The number of aryl methyl sites for hydroxylation is 1. The van der Waals surface area contributed by atoms with Gasteiger partial charge < -0.3 is 15.0 Å². The molecule has 1 aliphatic rings. The van der Waals surface area contributed by atoms with Crippen LogP contribution in [-0.4, -0.2) is 44.4 Å². The lowest BCUT2D eigenvalue weighted by molar-refractivity contribution is -0.126. The highest BCUT2D eigenvalue weighted by atomic mass is 32.1. The Balaban J connectivity index is 1.16. The highest BCUT2D eigenvalue weighted by Gasteiger charge is 2.26. The summed E-state index contributed by atoms with van der Waals surface area (Å²) in [4.78, 5) is 15.8. The number of carbonyl (C=O) groups is 1. The van der Waals surface area contributed by atoms with Crippen LogP contribution in [0.4, 0.5) is 14.7 Å². The molecule has 11 heteroatoms. The van der Waals surface area contributed by atoms with E-state index in [0.29, 0.717) is 16.2 Å². The number of benzene rings is 1. The first-order valence-corrected chi connectivity index (χ1v) is 12.3. The topological polar surface area (TPSA) is 118 Å². The van der Waals surface area contributed by atoms with Crippen molar-refractivity contribution in [3.8, 4) is 0 Å². The Bertz CT molecular complexity index is 1330. The fraction of sp³-hybridized carbons (Fsp3) is 0.375. The number of nitrogens with one attached hydrogen (secondary N) is 3. The molecule has 1 amide bonds. The van der Waals surface area contributed by atoms with E-state index >= 15 is 0 Å². The van der Waals surface area contributed by atoms with Crippen LogP contribution in [0, 0.1) is 12.7 Å². The summed E-state index contributed by atoms with van der Waals surface area (Å²) in [6.07, 6.45) is 4.73. The number of aromatic amines is 1. The first-order valence-electron chi connectivity index (χ1n) is 11.5. The van der Waals surface area contributed by atoms with Crippen LogP contribution in [0.2, 0.25) is 0 Å². The third-order valence-corrected chi connectivity index (χ3v) is 7.13. The molecule has 0 saturated heterocycles. The van der Waals surface area contributed by atoms with Crippen molar-refractivity contribution in [2.24, 2.45) is 0 Å². The van der Waals surface area contributed by atoms with E-state index in [1.807, 2.05) is 19.2 Å². The first-order chi connectivity index (χ1) is 17.0. The van der Waals surface area contributed by atoms with Crippen molar-refractivity contribution in [2.75, 3.05) is 17.7 Å². The SMILES string of the molecule is CO[C@H](C(=O)Nc1nnc(NC2CCC(c3cc4cc[nH]c4nn3)CC2)s1)c1cc(C)ccc1F. The first kappa shape index (κ1) is 23.3. The van der Waals surface area contributed by atoms with Crippen molar-refractivity contribution in [1.29, 1.82) is 0 Å². The molecule has 1 atom stereocenters. The molecule has 0 unspecified atom stereocenters. The second-order valence-corrected chi connectivity index (χ2v) is 9.76. The van der Waals surface area contributed by atoms with Gasteiger partial charge in [-0.3, -0.25) is 10.1 Å². The maximum Gasteiger partial charge on any atom is 0.260 e. The molecular formula is C24H26FN7O2S. The molecule has 0 aliphatic heterocycles. The van der Waals surface area contributed by atoms with Crippen LogP contribution in [0.5, 0.6) is 0 Å². The fourth-order valence-electron chi connectivity index (χ4n) is 4.52. The molecule has 0 spiro atoms. The van der Waals surface area contributed by atoms with Crippen LogP contribution in [0.25, 0.3) is 11.0 Å². The molecule has 0 radical (unpaired) electrons. The zero-order valence-corrected chi connectivity index (χ0v) is 20.2. The van der Waals surface area contributed by atoms with E-state index in [0.717, 1.165) is 48.0 Å². The number of anilines is 2. The smallest absolute Gasteiger partial charge is 0.260 e. The van der Waals surface area contributed by atoms with Crippen molar-refractivity contribution in [3.63, 3.8) is 0 Å². The van der Waals surface area contributed by atoms with Crippen molar-refractivity contribution >= 4 is 38.5 Å². The molecular weight excluding hydrogens is 469 g/mol. The number of carbonyl (C=O) groups excluding carboxylic acids is 1. The maximum absolute atomic E-state index is 14.3. The maximum atomic E-state index is 14.3. The van der Waals surface area contributed by atoms with Crippen LogP contribution in [0.3, 0.4) is 0 Å². The largest absolute Gasteiger partial charge is 0.367 e. The van der Waals surface area contributed by atoms with Gasteiger partial charge in [-0.15, -0.1) is 15.3 Å². The highest BCUT2D eigenvalue weighted by Crippen LogP contribution is 2.34. The predicted octanol–water partition coefficient (Wildman–Crippen LogP) is 4.72. The summed E-state index contributed by atoms with van der Waals surface area (Å²) in [5.74, 6) is -0.607. The molecule has 9 nitrogen and oxygen atoms in total. The van der Waals surface area contributed by atoms with Gasteiger partial charge >= 0.3 is 0 Å². The number of fused-ring (bicyclic) bond motifs is 1. The molecule has 1 saturated carbocycles. The standard InChI is InChI=1S/C24H26FN7O2S/c1-13-3-8-18(25)17(11-13)20(34-2)22(33)28-24-32-31-23(35-24)27-16-6-4-14(5-7-16)19-12-15-9-10-26-21(15)30-29-19/h3,8-12,14,16,20H,4-7H2,1-2H3,(H,26,30)(H,27,31)(H,28,32,33)/t14?,16?,20-/m0/s1. The fourth-order valence-corrected chi connectivity index (χ4v) is 5.25.